The van der Waals surface area contributed by atoms with Crippen molar-refractivity contribution in [1.29, 1.82) is 0 Å². The van der Waals surface area contributed by atoms with E-state index in [9.17, 15) is 14.0 Å². The lowest BCUT2D eigenvalue weighted by molar-refractivity contribution is -0.123. The number of ketones is 1. The number of rotatable bonds is 9. The summed E-state index contributed by atoms with van der Waals surface area (Å²) in [5.41, 5.74) is 1.18. The molecule has 2 N–H and O–H groups in total. The summed E-state index contributed by atoms with van der Waals surface area (Å²) in [6, 6.07) is 4.56. The van der Waals surface area contributed by atoms with E-state index in [2.05, 4.69) is 34.3 Å². The predicted octanol–water partition coefficient (Wildman–Crippen LogP) is 3.42. The fourth-order valence-electron chi connectivity index (χ4n) is 4.71. The maximum atomic E-state index is 14.9. The van der Waals surface area contributed by atoms with Gasteiger partial charge in [0.25, 0.3) is 0 Å². The third-order valence-electron chi connectivity index (χ3n) is 6.40. The fourth-order valence-corrected chi connectivity index (χ4v) is 4.71. The molecular formula is C24H37FN4O2. The minimum atomic E-state index is -0.514. The van der Waals surface area contributed by atoms with Crippen molar-refractivity contribution in [3.8, 4) is 0 Å². The Labute approximate surface area is 185 Å². The molecule has 1 aromatic rings. The molecule has 0 aliphatic carbocycles. The predicted molar refractivity (Wildman–Crippen MR) is 123 cm³/mol. The van der Waals surface area contributed by atoms with Crippen molar-refractivity contribution in [1.82, 2.24) is 10.2 Å². The van der Waals surface area contributed by atoms with Crippen molar-refractivity contribution in [2.24, 2.45) is 5.92 Å². The second kappa shape index (κ2) is 11.5. The second-order valence-corrected chi connectivity index (χ2v) is 8.89. The van der Waals surface area contributed by atoms with E-state index in [1.807, 2.05) is 6.07 Å². The van der Waals surface area contributed by atoms with Crippen LogP contribution in [0.15, 0.2) is 18.2 Å². The van der Waals surface area contributed by atoms with E-state index in [1.54, 1.807) is 6.07 Å². The molecule has 6 nitrogen and oxygen atoms in total. The number of carbonyl (C=O) groups excluding carboxylic acids is 2. The molecule has 2 aliphatic rings. The summed E-state index contributed by atoms with van der Waals surface area (Å²) in [6.45, 7) is 9.29. The quantitative estimate of drug-likeness (QED) is 0.626. The van der Waals surface area contributed by atoms with Crippen LogP contribution in [-0.2, 0) is 9.59 Å². The molecule has 2 heterocycles. The van der Waals surface area contributed by atoms with Crippen LogP contribution < -0.4 is 15.5 Å². The number of nitrogens with zero attached hydrogens (tertiary/aromatic N) is 2. The molecule has 1 atom stereocenters. The van der Waals surface area contributed by atoms with Crippen LogP contribution in [0.1, 0.15) is 52.4 Å². The Kier molecular flexibility index (Phi) is 8.69. The first kappa shape index (κ1) is 23.5. The van der Waals surface area contributed by atoms with Gasteiger partial charge in [-0.2, -0.15) is 0 Å². The van der Waals surface area contributed by atoms with Crippen molar-refractivity contribution in [2.75, 3.05) is 49.5 Å². The summed E-state index contributed by atoms with van der Waals surface area (Å²) in [6.07, 6.45) is 5.80. The van der Waals surface area contributed by atoms with E-state index in [4.69, 9.17) is 0 Å². The lowest BCUT2D eigenvalue weighted by Gasteiger charge is -2.38. The minimum Gasteiger partial charge on any atom is -0.374 e. The Balaban J connectivity index is 1.55. The van der Waals surface area contributed by atoms with Gasteiger partial charge in [0, 0.05) is 44.8 Å². The molecule has 3 rings (SSSR count). The van der Waals surface area contributed by atoms with Crippen molar-refractivity contribution in [3.05, 3.63) is 24.0 Å². The first-order valence-electron chi connectivity index (χ1n) is 11.8. The van der Waals surface area contributed by atoms with E-state index in [1.165, 1.54) is 31.7 Å². The van der Waals surface area contributed by atoms with E-state index in [-0.39, 0.29) is 24.1 Å². The van der Waals surface area contributed by atoms with Crippen molar-refractivity contribution < 1.29 is 14.0 Å². The zero-order valence-electron chi connectivity index (χ0n) is 19.0. The van der Waals surface area contributed by atoms with Gasteiger partial charge in [-0.3, -0.25) is 14.5 Å². The van der Waals surface area contributed by atoms with Gasteiger partial charge >= 0.3 is 0 Å². The Morgan fingerprint density at radius 1 is 1.13 bits per heavy atom. The number of anilines is 2. The lowest BCUT2D eigenvalue weighted by atomic mass is 9.97. The normalized spacial score (nSPS) is 20.6. The summed E-state index contributed by atoms with van der Waals surface area (Å²) in [7, 11) is 0. The van der Waals surface area contributed by atoms with Crippen LogP contribution in [0.5, 0.6) is 0 Å². The Morgan fingerprint density at radius 3 is 2.48 bits per heavy atom. The third-order valence-corrected chi connectivity index (χ3v) is 6.40. The molecule has 0 bridgehead atoms. The molecule has 0 spiro atoms. The van der Waals surface area contributed by atoms with Crippen LogP contribution in [0, 0.1) is 11.7 Å². The van der Waals surface area contributed by atoms with Gasteiger partial charge < -0.3 is 15.5 Å². The molecule has 1 amide bonds. The molecule has 31 heavy (non-hydrogen) atoms. The zero-order valence-corrected chi connectivity index (χ0v) is 19.0. The van der Waals surface area contributed by atoms with Crippen LogP contribution >= 0.6 is 0 Å². The Bertz CT molecular complexity index is 743. The van der Waals surface area contributed by atoms with Gasteiger partial charge in [0.2, 0.25) is 5.91 Å². The standard InChI is InChI=1S/C24H37FN4O2/c1-3-5-18(6-4-2)17-28-11-13-29(14-12-28)23-10-7-19(15-21(23)25)27-22-9-8-20(30)16-26-24(22)31/h7,10,15,18,22,27H,3-6,8-9,11-14,16-17H2,1-2H3,(H,26,31). The zero-order chi connectivity index (χ0) is 22.2. The van der Waals surface area contributed by atoms with Crippen LogP contribution in [0.4, 0.5) is 15.8 Å². The number of carbonyl (C=O) groups is 2. The molecule has 0 saturated carbocycles. The molecule has 0 aromatic heterocycles. The number of benzene rings is 1. The highest BCUT2D eigenvalue weighted by atomic mass is 19.1. The fraction of sp³-hybridized carbons (Fsp3) is 0.667. The average Bonchev–Trinajstić information content (AvgIpc) is 2.91. The van der Waals surface area contributed by atoms with E-state index in [0.29, 0.717) is 24.2 Å². The summed E-state index contributed by atoms with van der Waals surface area (Å²) in [5, 5.41) is 5.70. The van der Waals surface area contributed by atoms with Crippen LogP contribution in [0.3, 0.4) is 0 Å². The first-order valence-corrected chi connectivity index (χ1v) is 11.8. The van der Waals surface area contributed by atoms with Gasteiger partial charge in [0.15, 0.2) is 5.78 Å². The van der Waals surface area contributed by atoms with Crippen LogP contribution in [0.2, 0.25) is 0 Å². The third kappa shape index (κ3) is 6.66. The second-order valence-electron chi connectivity index (χ2n) is 8.89. The number of hydrogen-bond acceptors (Lipinski definition) is 5. The summed E-state index contributed by atoms with van der Waals surface area (Å²) < 4.78 is 14.9. The van der Waals surface area contributed by atoms with Gasteiger partial charge in [0.1, 0.15) is 11.9 Å². The van der Waals surface area contributed by atoms with Gasteiger partial charge in [-0.05, 0) is 43.4 Å². The lowest BCUT2D eigenvalue weighted by Crippen LogP contribution is -2.48. The monoisotopic (exact) mass is 432 g/mol. The van der Waals surface area contributed by atoms with E-state index in [0.717, 1.165) is 38.6 Å². The number of halogens is 1. The number of Topliss-reactive ketones (excluding diaryl/α,β-unsaturated/α-hetero) is 1. The highest BCUT2D eigenvalue weighted by Gasteiger charge is 2.25. The molecule has 2 aliphatic heterocycles. The largest absolute Gasteiger partial charge is 0.374 e. The highest BCUT2D eigenvalue weighted by molar-refractivity contribution is 5.92. The molecule has 172 valence electrons. The first-order chi connectivity index (χ1) is 15.0. The van der Waals surface area contributed by atoms with Gasteiger partial charge in [-0.1, -0.05) is 26.7 Å². The molecule has 2 fully saturated rings. The summed E-state index contributed by atoms with van der Waals surface area (Å²) >= 11 is 0. The van der Waals surface area contributed by atoms with Gasteiger partial charge in [-0.15, -0.1) is 0 Å². The van der Waals surface area contributed by atoms with Crippen molar-refractivity contribution >= 4 is 23.1 Å². The SMILES string of the molecule is CCCC(CCC)CN1CCN(c2ccc(NC3CCC(=O)CNC3=O)cc2F)CC1. The smallest absolute Gasteiger partial charge is 0.242 e. The number of hydrogen-bond donors (Lipinski definition) is 2. The average molecular weight is 433 g/mol. The van der Waals surface area contributed by atoms with Crippen molar-refractivity contribution in [3.63, 3.8) is 0 Å². The van der Waals surface area contributed by atoms with Gasteiger partial charge in [-0.25, -0.2) is 4.39 Å². The molecule has 1 unspecified atom stereocenters. The Morgan fingerprint density at radius 2 is 1.84 bits per heavy atom. The minimum absolute atomic E-state index is 0.0222. The molecule has 2 saturated heterocycles. The summed E-state index contributed by atoms with van der Waals surface area (Å²) in [5.74, 6) is 0.295. The van der Waals surface area contributed by atoms with Crippen molar-refractivity contribution in [2.45, 2.75) is 58.4 Å². The molecule has 0 radical (unpaired) electrons. The number of amides is 1. The molecule has 7 heteroatoms. The maximum absolute atomic E-state index is 14.9. The van der Waals surface area contributed by atoms with Crippen LogP contribution in [-0.4, -0.2) is 61.9 Å². The topological polar surface area (TPSA) is 64.7 Å². The number of piperazine rings is 1. The Hall–Kier alpha value is -2.15. The maximum Gasteiger partial charge on any atom is 0.242 e. The molecule has 1 aromatic carbocycles. The van der Waals surface area contributed by atoms with E-state index >= 15 is 0 Å². The highest BCUT2D eigenvalue weighted by Crippen LogP contribution is 2.26. The van der Waals surface area contributed by atoms with E-state index < -0.39 is 6.04 Å². The van der Waals surface area contributed by atoms with Gasteiger partial charge in [0.05, 0.1) is 12.2 Å². The summed E-state index contributed by atoms with van der Waals surface area (Å²) in [4.78, 5) is 28.3. The number of nitrogens with one attached hydrogen (secondary N) is 2. The van der Waals surface area contributed by atoms with Crippen LogP contribution in [0.25, 0.3) is 0 Å². The molecular weight excluding hydrogens is 395 g/mol.